The molecular formula is C20H25N3O2S2. The lowest BCUT2D eigenvalue weighted by Crippen LogP contribution is -2.47. The largest absolute Gasteiger partial charge is 0.359 e. The number of thiophene rings is 2. The lowest BCUT2D eigenvalue weighted by atomic mass is 9.95. The van der Waals surface area contributed by atoms with E-state index in [2.05, 4.69) is 44.1 Å². The van der Waals surface area contributed by atoms with Gasteiger partial charge in [0.15, 0.2) is 0 Å². The number of rotatable bonds is 4. The Bertz CT molecular complexity index is 794. The minimum absolute atomic E-state index is 0.0518. The van der Waals surface area contributed by atoms with Gasteiger partial charge in [-0.2, -0.15) is 0 Å². The fraction of sp³-hybridized carbons (Fsp3) is 0.500. The first kappa shape index (κ1) is 18.7. The molecule has 2 aliphatic heterocycles. The molecule has 0 aromatic carbocycles. The highest BCUT2D eigenvalue weighted by Crippen LogP contribution is 2.39. The SMILES string of the molecule is CNC(=O)C1CCN(CC(=O)N2CCc3sccc3C2c2cccs2)CC1. The van der Waals surface area contributed by atoms with Crippen molar-refractivity contribution in [2.24, 2.45) is 5.92 Å². The van der Waals surface area contributed by atoms with Crippen molar-refractivity contribution in [2.75, 3.05) is 33.2 Å². The number of carbonyl (C=O) groups is 2. The van der Waals surface area contributed by atoms with Crippen molar-refractivity contribution in [3.63, 3.8) is 0 Å². The molecule has 0 radical (unpaired) electrons. The van der Waals surface area contributed by atoms with Gasteiger partial charge in [-0.3, -0.25) is 14.5 Å². The van der Waals surface area contributed by atoms with Crippen LogP contribution in [-0.2, 0) is 16.0 Å². The number of nitrogens with zero attached hydrogens (tertiary/aromatic N) is 2. The Kier molecular flexibility index (Phi) is 5.61. The van der Waals surface area contributed by atoms with Gasteiger partial charge in [-0.25, -0.2) is 0 Å². The smallest absolute Gasteiger partial charge is 0.237 e. The molecule has 0 spiro atoms. The molecule has 1 saturated heterocycles. The van der Waals surface area contributed by atoms with Crippen molar-refractivity contribution >= 4 is 34.5 Å². The second kappa shape index (κ2) is 8.12. The molecule has 144 valence electrons. The molecule has 2 aromatic rings. The fourth-order valence-corrected chi connectivity index (χ4v) is 5.94. The zero-order chi connectivity index (χ0) is 18.8. The van der Waals surface area contributed by atoms with E-state index in [4.69, 9.17) is 0 Å². The molecule has 5 nitrogen and oxygen atoms in total. The van der Waals surface area contributed by atoms with E-state index in [0.717, 1.165) is 38.9 Å². The lowest BCUT2D eigenvalue weighted by molar-refractivity contribution is -0.135. The quantitative estimate of drug-likeness (QED) is 0.854. The molecule has 4 rings (SSSR count). The molecule has 0 aliphatic carbocycles. The lowest BCUT2D eigenvalue weighted by Gasteiger charge is -2.38. The van der Waals surface area contributed by atoms with E-state index in [-0.39, 0.29) is 23.8 Å². The molecule has 1 atom stereocenters. The molecule has 4 heterocycles. The van der Waals surface area contributed by atoms with Gasteiger partial charge >= 0.3 is 0 Å². The topological polar surface area (TPSA) is 52.7 Å². The molecule has 1 unspecified atom stereocenters. The summed E-state index contributed by atoms with van der Waals surface area (Å²) >= 11 is 3.52. The van der Waals surface area contributed by atoms with Gasteiger partial charge < -0.3 is 10.2 Å². The van der Waals surface area contributed by atoms with E-state index in [1.807, 2.05) is 0 Å². The third kappa shape index (κ3) is 3.81. The molecular weight excluding hydrogens is 378 g/mol. The molecule has 1 fully saturated rings. The van der Waals surface area contributed by atoms with Gasteiger partial charge in [0.2, 0.25) is 11.8 Å². The molecule has 2 aliphatic rings. The van der Waals surface area contributed by atoms with Crippen molar-refractivity contribution in [3.05, 3.63) is 44.3 Å². The van der Waals surface area contributed by atoms with E-state index in [9.17, 15) is 9.59 Å². The monoisotopic (exact) mass is 403 g/mol. The summed E-state index contributed by atoms with van der Waals surface area (Å²) < 4.78 is 0. The number of carbonyl (C=O) groups excluding carboxylic acids is 2. The first-order valence-electron chi connectivity index (χ1n) is 9.50. The van der Waals surface area contributed by atoms with Crippen LogP contribution < -0.4 is 5.32 Å². The number of nitrogens with one attached hydrogen (secondary N) is 1. The van der Waals surface area contributed by atoms with E-state index in [0.29, 0.717) is 6.54 Å². The average Bonchev–Trinajstić information content (AvgIpc) is 3.38. The maximum Gasteiger partial charge on any atom is 0.237 e. The molecule has 7 heteroatoms. The average molecular weight is 404 g/mol. The Balaban J connectivity index is 1.45. The predicted octanol–water partition coefficient (Wildman–Crippen LogP) is 2.74. The summed E-state index contributed by atoms with van der Waals surface area (Å²) in [5.41, 5.74) is 1.29. The van der Waals surface area contributed by atoms with Crippen LogP contribution in [0.3, 0.4) is 0 Å². The van der Waals surface area contributed by atoms with Gasteiger partial charge in [0.25, 0.3) is 0 Å². The Morgan fingerprint density at radius 1 is 1.15 bits per heavy atom. The third-order valence-electron chi connectivity index (χ3n) is 5.66. The van der Waals surface area contributed by atoms with E-state index >= 15 is 0 Å². The molecule has 1 N–H and O–H groups in total. The standard InChI is InChI=1S/C20H25N3O2S2/c1-21-20(25)14-4-8-22(9-5-14)13-18(24)23-10-6-16-15(7-12-27-16)19(23)17-3-2-11-26-17/h2-3,7,11-12,14,19H,4-6,8-10,13H2,1H3,(H,21,25). The first-order chi connectivity index (χ1) is 13.2. The van der Waals surface area contributed by atoms with Crippen molar-refractivity contribution in [2.45, 2.75) is 25.3 Å². The number of hydrogen-bond acceptors (Lipinski definition) is 5. The molecule has 27 heavy (non-hydrogen) atoms. The maximum atomic E-state index is 13.2. The van der Waals surface area contributed by atoms with Gasteiger partial charge in [-0.1, -0.05) is 6.07 Å². The van der Waals surface area contributed by atoms with Crippen LogP contribution in [0.25, 0.3) is 0 Å². The highest BCUT2D eigenvalue weighted by atomic mass is 32.1. The number of fused-ring (bicyclic) bond motifs is 1. The van der Waals surface area contributed by atoms with Crippen molar-refractivity contribution in [1.82, 2.24) is 15.1 Å². The van der Waals surface area contributed by atoms with Crippen molar-refractivity contribution in [1.29, 1.82) is 0 Å². The van der Waals surface area contributed by atoms with E-state index in [1.165, 1.54) is 15.3 Å². The molecule has 2 aromatic heterocycles. The van der Waals surface area contributed by atoms with Crippen LogP contribution in [0.1, 0.15) is 34.2 Å². The minimum Gasteiger partial charge on any atom is -0.359 e. The summed E-state index contributed by atoms with van der Waals surface area (Å²) in [4.78, 5) is 31.9. The van der Waals surface area contributed by atoms with Crippen LogP contribution in [-0.4, -0.2) is 54.8 Å². The van der Waals surface area contributed by atoms with Gasteiger partial charge in [0.1, 0.15) is 0 Å². The Hall–Kier alpha value is -1.70. The van der Waals surface area contributed by atoms with Crippen molar-refractivity contribution in [3.8, 4) is 0 Å². The molecule has 2 amide bonds. The maximum absolute atomic E-state index is 13.2. The van der Waals surface area contributed by atoms with Gasteiger partial charge in [-0.15, -0.1) is 22.7 Å². The summed E-state index contributed by atoms with van der Waals surface area (Å²) in [6.45, 7) is 2.85. The Labute approximate surface area is 168 Å². The zero-order valence-corrected chi connectivity index (χ0v) is 17.2. The van der Waals surface area contributed by atoms with Gasteiger partial charge in [0, 0.05) is 29.3 Å². The second-order valence-corrected chi connectivity index (χ2v) is 9.20. The summed E-state index contributed by atoms with van der Waals surface area (Å²) in [6.07, 6.45) is 2.60. The van der Waals surface area contributed by atoms with Crippen LogP contribution in [0.2, 0.25) is 0 Å². The molecule has 0 bridgehead atoms. The normalized spacial score (nSPS) is 21.1. The Morgan fingerprint density at radius 3 is 2.67 bits per heavy atom. The summed E-state index contributed by atoms with van der Waals surface area (Å²) in [7, 11) is 1.69. The van der Waals surface area contributed by atoms with Crippen LogP contribution in [0.4, 0.5) is 0 Å². The van der Waals surface area contributed by atoms with Crippen molar-refractivity contribution < 1.29 is 9.59 Å². The number of likely N-dealkylation sites (tertiary alicyclic amines) is 1. The van der Waals surface area contributed by atoms with Crippen LogP contribution in [0.5, 0.6) is 0 Å². The summed E-state index contributed by atoms with van der Waals surface area (Å²) in [6, 6.07) is 6.43. The van der Waals surface area contributed by atoms with Gasteiger partial charge in [-0.05, 0) is 60.8 Å². The van der Waals surface area contributed by atoms with E-state index < -0.39 is 0 Å². The minimum atomic E-state index is 0.0518. The van der Waals surface area contributed by atoms with Crippen LogP contribution >= 0.6 is 22.7 Å². The summed E-state index contributed by atoms with van der Waals surface area (Å²) in [5, 5.41) is 6.97. The zero-order valence-electron chi connectivity index (χ0n) is 15.5. The number of hydrogen-bond donors (Lipinski definition) is 1. The molecule has 0 saturated carbocycles. The highest BCUT2D eigenvalue weighted by molar-refractivity contribution is 7.10. The van der Waals surface area contributed by atoms with Crippen LogP contribution in [0, 0.1) is 5.92 Å². The summed E-state index contributed by atoms with van der Waals surface area (Å²) in [5.74, 6) is 0.409. The fourth-order valence-electron chi connectivity index (χ4n) is 4.18. The number of piperidine rings is 1. The highest BCUT2D eigenvalue weighted by Gasteiger charge is 2.34. The first-order valence-corrected chi connectivity index (χ1v) is 11.3. The van der Waals surface area contributed by atoms with E-state index in [1.54, 1.807) is 29.7 Å². The van der Waals surface area contributed by atoms with Crippen LogP contribution in [0.15, 0.2) is 29.0 Å². The number of amides is 2. The third-order valence-corrected chi connectivity index (χ3v) is 7.58. The second-order valence-electron chi connectivity index (χ2n) is 7.22. The van der Waals surface area contributed by atoms with Gasteiger partial charge in [0.05, 0.1) is 12.6 Å². The Morgan fingerprint density at radius 2 is 1.96 bits per heavy atom. The predicted molar refractivity (Wildman–Crippen MR) is 109 cm³/mol.